The van der Waals surface area contributed by atoms with Crippen LogP contribution in [0.25, 0.3) is 11.1 Å². The topological polar surface area (TPSA) is 122 Å². The number of aromatic nitrogens is 1. The number of nitrogens with one attached hydrogen (secondary N) is 1. The number of carbonyl (C=O) groups is 3. The van der Waals surface area contributed by atoms with Gasteiger partial charge in [0.2, 0.25) is 0 Å². The Labute approximate surface area is 201 Å². The summed E-state index contributed by atoms with van der Waals surface area (Å²) in [4.78, 5) is 38.2. The molecular weight excluding hydrogens is 450 g/mol. The molecule has 180 valence electrons. The van der Waals surface area contributed by atoms with Gasteiger partial charge < -0.3 is 24.6 Å². The first-order chi connectivity index (χ1) is 17.0. The molecule has 2 aromatic carbocycles. The van der Waals surface area contributed by atoms with E-state index in [9.17, 15) is 19.5 Å². The largest absolute Gasteiger partial charge is 0.481 e. The van der Waals surface area contributed by atoms with Crippen molar-refractivity contribution in [1.29, 1.82) is 0 Å². The summed E-state index contributed by atoms with van der Waals surface area (Å²) in [6.45, 7) is 0.727. The van der Waals surface area contributed by atoms with Gasteiger partial charge in [-0.1, -0.05) is 53.7 Å². The van der Waals surface area contributed by atoms with Crippen molar-refractivity contribution in [2.45, 2.75) is 25.3 Å². The lowest BCUT2D eigenvalue weighted by Crippen LogP contribution is -2.42. The fraction of sp³-hybridized carbons (Fsp3) is 0.308. The maximum Gasteiger partial charge on any atom is 0.407 e. The van der Waals surface area contributed by atoms with Crippen molar-refractivity contribution in [2.75, 3.05) is 19.7 Å². The number of amides is 2. The predicted molar refractivity (Wildman–Crippen MR) is 125 cm³/mol. The second-order valence-corrected chi connectivity index (χ2v) is 8.78. The van der Waals surface area contributed by atoms with Crippen LogP contribution in [0.3, 0.4) is 0 Å². The number of hydrogen-bond donors (Lipinski definition) is 2. The minimum absolute atomic E-state index is 0.0511. The summed E-state index contributed by atoms with van der Waals surface area (Å²) in [5.41, 5.74) is 4.99. The number of hydrogen-bond acceptors (Lipinski definition) is 6. The van der Waals surface area contributed by atoms with E-state index < -0.39 is 18.0 Å². The molecule has 5 rings (SSSR count). The van der Waals surface area contributed by atoms with E-state index in [4.69, 9.17) is 9.26 Å². The number of fused-ring (bicyclic) bond motifs is 3. The predicted octanol–water partition coefficient (Wildman–Crippen LogP) is 3.65. The number of ether oxygens (including phenoxy) is 1. The smallest absolute Gasteiger partial charge is 0.407 e. The molecule has 1 fully saturated rings. The molecule has 1 aliphatic heterocycles. The summed E-state index contributed by atoms with van der Waals surface area (Å²) in [6.07, 6.45) is 1.75. The van der Waals surface area contributed by atoms with Crippen molar-refractivity contribution in [3.05, 3.63) is 77.2 Å². The number of rotatable bonds is 6. The van der Waals surface area contributed by atoms with Gasteiger partial charge in [0.1, 0.15) is 24.1 Å². The van der Waals surface area contributed by atoms with Crippen LogP contribution in [-0.4, -0.2) is 52.8 Å². The van der Waals surface area contributed by atoms with Crippen LogP contribution in [0.15, 0.2) is 59.3 Å². The fourth-order valence-corrected chi connectivity index (χ4v) is 4.90. The van der Waals surface area contributed by atoms with Crippen LogP contribution in [0.2, 0.25) is 0 Å². The molecule has 35 heavy (non-hydrogen) atoms. The fourth-order valence-electron chi connectivity index (χ4n) is 4.90. The SMILES string of the molecule is O=C(NCc1nocc1C(=O)N1CCCC(C(=O)O)C1)OCC1c2ccccc2-c2ccccc21. The van der Waals surface area contributed by atoms with Crippen LogP contribution in [0.1, 0.15) is 45.9 Å². The third-order valence-corrected chi connectivity index (χ3v) is 6.68. The molecule has 1 unspecified atom stereocenters. The number of carbonyl (C=O) groups excluding carboxylic acids is 2. The molecule has 0 saturated carbocycles. The average Bonchev–Trinajstić information content (AvgIpc) is 3.48. The molecule has 1 aliphatic carbocycles. The second-order valence-electron chi connectivity index (χ2n) is 8.78. The van der Waals surface area contributed by atoms with Gasteiger partial charge in [0, 0.05) is 19.0 Å². The number of aliphatic carboxylic acids is 1. The van der Waals surface area contributed by atoms with Crippen LogP contribution in [0, 0.1) is 5.92 Å². The van der Waals surface area contributed by atoms with Crippen LogP contribution >= 0.6 is 0 Å². The summed E-state index contributed by atoms with van der Waals surface area (Å²) in [7, 11) is 0. The highest BCUT2D eigenvalue weighted by Gasteiger charge is 2.31. The Hall–Kier alpha value is -4.14. The maximum absolute atomic E-state index is 12.9. The van der Waals surface area contributed by atoms with Crippen LogP contribution < -0.4 is 5.32 Å². The molecule has 0 radical (unpaired) electrons. The van der Waals surface area contributed by atoms with Crippen molar-refractivity contribution < 1.29 is 28.8 Å². The van der Waals surface area contributed by atoms with Gasteiger partial charge in [-0.05, 0) is 35.1 Å². The number of nitrogens with zero attached hydrogens (tertiary/aromatic N) is 2. The molecular formula is C26H25N3O6. The quantitative estimate of drug-likeness (QED) is 0.558. The molecule has 2 aliphatic rings. The second kappa shape index (κ2) is 9.61. The number of alkyl carbamates (subject to hydrolysis) is 1. The zero-order valence-corrected chi connectivity index (χ0v) is 19.0. The summed E-state index contributed by atoms with van der Waals surface area (Å²) >= 11 is 0. The van der Waals surface area contributed by atoms with E-state index in [1.165, 1.54) is 11.2 Å². The zero-order chi connectivity index (χ0) is 24.4. The van der Waals surface area contributed by atoms with Crippen LogP contribution in [0.4, 0.5) is 4.79 Å². The maximum atomic E-state index is 12.9. The molecule has 1 atom stereocenters. The average molecular weight is 476 g/mol. The van der Waals surface area contributed by atoms with Gasteiger partial charge >= 0.3 is 12.1 Å². The molecule has 0 spiro atoms. The molecule has 2 heterocycles. The minimum atomic E-state index is -0.912. The lowest BCUT2D eigenvalue weighted by atomic mass is 9.97. The van der Waals surface area contributed by atoms with Crippen LogP contribution in [-0.2, 0) is 16.1 Å². The monoisotopic (exact) mass is 475 g/mol. The third kappa shape index (κ3) is 4.49. The Morgan fingerprint density at radius 3 is 2.46 bits per heavy atom. The van der Waals surface area contributed by atoms with Crippen molar-refractivity contribution in [1.82, 2.24) is 15.4 Å². The number of likely N-dealkylation sites (tertiary alicyclic amines) is 1. The molecule has 2 N–H and O–H groups in total. The van der Waals surface area contributed by atoms with Crippen molar-refractivity contribution in [2.24, 2.45) is 5.92 Å². The number of piperidine rings is 1. The van der Waals surface area contributed by atoms with Gasteiger partial charge in [-0.3, -0.25) is 9.59 Å². The van der Waals surface area contributed by atoms with Gasteiger partial charge in [0.25, 0.3) is 5.91 Å². The van der Waals surface area contributed by atoms with Crippen molar-refractivity contribution >= 4 is 18.0 Å². The molecule has 9 nitrogen and oxygen atoms in total. The van der Waals surface area contributed by atoms with E-state index in [1.807, 2.05) is 36.4 Å². The molecule has 0 bridgehead atoms. The van der Waals surface area contributed by atoms with E-state index >= 15 is 0 Å². The summed E-state index contributed by atoms with van der Waals surface area (Å²) in [6, 6.07) is 16.2. The highest BCUT2D eigenvalue weighted by Crippen LogP contribution is 2.44. The summed E-state index contributed by atoms with van der Waals surface area (Å²) in [5, 5.41) is 15.8. The first-order valence-corrected chi connectivity index (χ1v) is 11.6. The number of carboxylic acids is 1. The Kier molecular flexibility index (Phi) is 6.22. The molecule has 3 aromatic rings. The minimum Gasteiger partial charge on any atom is -0.481 e. The lowest BCUT2D eigenvalue weighted by molar-refractivity contribution is -0.143. The van der Waals surface area contributed by atoms with E-state index in [-0.39, 0.29) is 42.8 Å². The third-order valence-electron chi connectivity index (χ3n) is 6.68. The molecule has 9 heteroatoms. The number of carboxylic acid groups (broad SMARTS) is 1. The van der Waals surface area contributed by atoms with E-state index in [2.05, 4.69) is 22.6 Å². The molecule has 2 amide bonds. The normalized spacial score (nSPS) is 16.9. The van der Waals surface area contributed by atoms with E-state index in [0.29, 0.717) is 19.4 Å². The summed E-state index contributed by atoms with van der Waals surface area (Å²) < 4.78 is 10.5. The molecule has 1 aromatic heterocycles. The Bertz CT molecular complexity index is 1220. The Morgan fingerprint density at radius 1 is 1.09 bits per heavy atom. The van der Waals surface area contributed by atoms with Gasteiger partial charge in [-0.15, -0.1) is 0 Å². The number of benzene rings is 2. The Balaban J connectivity index is 1.19. The highest BCUT2D eigenvalue weighted by molar-refractivity contribution is 5.95. The van der Waals surface area contributed by atoms with Gasteiger partial charge in [0.15, 0.2) is 0 Å². The first kappa shape index (κ1) is 22.6. The summed E-state index contributed by atoms with van der Waals surface area (Å²) in [5.74, 6) is -1.92. The van der Waals surface area contributed by atoms with Gasteiger partial charge in [-0.2, -0.15) is 0 Å². The lowest BCUT2D eigenvalue weighted by Gasteiger charge is -2.30. The van der Waals surface area contributed by atoms with E-state index in [1.54, 1.807) is 0 Å². The van der Waals surface area contributed by atoms with Crippen molar-refractivity contribution in [3.8, 4) is 11.1 Å². The Morgan fingerprint density at radius 2 is 1.77 bits per heavy atom. The van der Waals surface area contributed by atoms with Crippen molar-refractivity contribution in [3.63, 3.8) is 0 Å². The first-order valence-electron chi connectivity index (χ1n) is 11.6. The van der Waals surface area contributed by atoms with Gasteiger partial charge in [0.05, 0.1) is 12.5 Å². The standard InChI is InChI=1S/C26H25N3O6/c30-24(29-11-5-6-16(13-29)25(31)32)22-15-35-28-23(22)12-27-26(33)34-14-21-19-9-3-1-7-17(19)18-8-2-4-10-20(18)21/h1-4,7-10,15-16,21H,5-6,11-14H2,(H,27,33)(H,31,32). The highest BCUT2D eigenvalue weighted by atomic mass is 16.5. The zero-order valence-electron chi connectivity index (χ0n) is 19.0. The van der Waals surface area contributed by atoms with E-state index in [0.717, 1.165) is 22.3 Å². The van der Waals surface area contributed by atoms with Crippen LogP contribution in [0.5, 0.6) is 0 Å². The van der Waals surface area contributed by atoms with Gasteiger partial charge in [-0.25, -0.2) is 4.79 Å². The molecule has 1 saturated heterocycles.